The summed E-state index contributed by atoms with van der Waals surface area (Å²) in [7, 11) is 0. The summed E-state index contributed by atoms with van der Waals surface area (Å²) in [5.41, 5.74) is 4.81. The minimum atomic E-state index is -4.47. The Kier molecular flexibility index (Phi) is 4.22. The van der Waals surface area contributed by atoms with Crippen LogP contribution in [0.2, 0.25) is 0 Å². The number of halogens is 3. The Hall–Kier alpha value is -1.70. The lowest BCUT2D eigenvalue weighted by Gasteiger charge is -2.08. The Morgan fingerprint density at radius 1 is 1.30 bits per heavy atom. The van der Waals surface area contributed by atoms with Crippen molar-refractivity contribution in [1.82, 2.24) is 10.1 Å². The Bertz CT molecular complexity index is 598. The largest absolute Gasteiger partial charge is 0.416 e. The number of hydrogen-bond acceptors (Lipinski definition) is 5. The van der Waals surface area contributed by atoms with Crippen molar-refractivity contribution in [2.75, 3.05) is 11.5 Å². The second kappa shape index (κ2) is 5.74. The highest BCUT2D eigenvalue weighted by atomic mass is 32.2. The summed E-state index contributed by atoms with van der Waals surface area (Å²) in [6.07, 6.45) is -4.47. The van der Waals surface area contributed by atoms with Gasteiger partial charge in [-0.05, 0) is 24.0 Å². The molecular formula is C12H12F3N3OS. The topological polar surface area (TPSA) is 64.9 Å². The molecule has 0 bridgehead atoms. The highest BCUT2D eigenvalue weighted by Crippen LogP contribution is 2.33. The number of alkyl halides is 3. The van der Waals surface area contributed by atoms with Crippen LogP contribution < -0.4 is 5.73 Å². The van der Waals surface area contributed by atoms with Crippen molar-refractivity contribution < 1.29 is 17.7 Å². The lowest BCUT2D eigenvalue weighted by Crippen LogP contribution is -2.06. The van der Waals surface area contributed by atoms with Crippen molar-refractivity contribution >= 4 is 17.4 Å². The van der Waals surface area contributed by atoms with E-state index in [4.69, 9.17) is 10.3 Å². The van der Waals surface area contributed by atoms with Gasteiger partial charge in [-0.25, -0.2) is 0 Å². The molecule has 0 unspecified atom stereocenters. The van der Waals surface area contributed by atoms with Gasteiger partial charge in [-0.2, -0.15) is 29.9 Å². The molecule has 0 aliphatic heterocycles. The quantitative estimate of drug-likeness (QED) is 0.874. The van der Waals surface area contributed by atoms with Crippen molar-refractivity contribution in [3.8, 4) is 11.5 Å². The summed E-state index contributed by atoms with van der Waals surface area (Å²) < 4.78 is 43.1. The van der Waals surface area contributed by atoms with Crippen LogP contribution >= 0.6 is 11.8 Å². The summed E-state index contributed by atoms with van der Waals surface area (Å²) in [6.45, 7) is 1.99. The molecule has 2 N–H and O–H groups in total. The molecule has 20 heavy (non-hydrogen) atoms. The predicted octanol–water partition coefficient (Wildman–Crippen LogP) is 3.59. The molecule has 2 aromatic rings. The molecule has 1 heterocycles. The first-order valence-electron chi connectivity index (χ1n) is 5.78. The molecule has 2 rings (SSSR count). The first kappa shape index (κ1) is 14.7. The van der Waals surface area contributed by atoms with E-state index in [2.05, 4.69) is 10.1 Å². The van der Waals surface area contributed by atoms with Gasteiger partial charge in [0.25, 0.3) is 5.89 Å². The fourth-order valence-electron chi connectivity index (χ4n) is 1.56. The van der Waals surface area contributed by atoms with Gasteiger partial charge < -0.3 is 10.3 Å². The maximum absolute atomic E-state index is 12.7. The van der Waals surface area contributed by atoms with E-state index < -0.39 is 11.7 Å². The van der Waals surface area contributed by atoms with Gasteiger partial charge in [-0.15, -0.1) is 0 Å². The number of hydrogen-bond donors (Lipinski definition) is 1. The molecule has 0 saturated heterocycles. The van der Waals surface area contributed by atoms with Gasteiger partial charge >= 0.3 is 6.18 Å². The smallest absolute Gasteiger partial charge is 0.399 e. The van der Waals surface area contributed by atoms with E-state index in [9.17, 15) is 13.2 Å². The fourth-order valence-corrected chi connectivity index (χ4v) is 2.07. The molecule has 0 aliphatic carbocycles. The van der Waals surface area contributed by atoms with Crippen LogP contribution in [0.4, 0.5) is 18.9 Å². The molecule has 0 amide bonds. The van der Waals surface area contributed by atoms with E-state index in [0.717, 1.165) is 17.9 Å². The minimum absolute atomic E-state index is 0.00231. The van der Waals surface area contributed by atoms with Crippen molar-refractivity contribution in [3.05, 3.63) is 29.6 Å². The lowest BCUT2D eigenvalue weighted by atomic mass is 10.1. The molecule has 4 nitrogen and oxygen atoms in total. The number of nitrogen functional groups attached to an aromatic ring is 1. The van der Waals surface area contributed by atoms with Crippen LogP contribution in [0.5, 0.6) is 0 Å². The molecule has 8 heteroatoms. The third-order valence-electron chi connectivity index (χ3n) is 2.43. The van der Waals surface area contributed by atoms with Crippen LogP contribution in [0.25, 0.3) is 11.5 Å². The van der Waals surface area contributed by atoms with Gasteiger partial charge in [0, 0.05) is 11.3 Å². The first-order valence-corrected chi connectivity index (χ1v) is 6.94. The van der Waals surface area contributed by atoms with Crippen LogP contribution in [-0.2, 0) is 11.9 Å². The van der Waals surface area contributed by atoms with Crippen molar-refractivity contribution in [3.63, 3.8) is 0 Å². The van der Waals surface area contributed by atoms with Crippen molar-refractivity contribution in [2.24, 2.45) is 0 Å². The number of nitrogens with zero attached hydrogens (tertiary/aromatic N) is 2. The Labute approximate surface area is 117 Å². The minimum Gasteiger partial charge on any atom is -0.399 e. The second-order valence-electron chi connectivity index (χ2n) is 3.99. The average Bonchev–Trinajstić information content (AvgIpc) is 2.83. The molecule has 0 saturated carbocycles. The summed E-state index contributed by atoms with van der Waals surface area (Å²) in [5, 5.41) is 3.72. The van der Waals surface area contributed by atoms with Gasteiger partial charge in [0.1, 0.15) is 0 Å². The van der Waals surface area contributed by atoms with Crippen LogP contribution in [0.15, 0.2) is 22.7 Å². The third kappa shape index (κ3) is 3.44. The highest BCUT2D eigenvalue weighted by Gasteiger charge is 2.31. The fraction of sp³-hybridized carbons (Fsp3) is 0.333. The number of rotatable bonds is 4. The highest BCUT2D eigenvalue weighted by molar-refractivity contribution is 7.98. The zero-order chi connectivity index (χ0) is 14.8. The van der Waals surface area contributed by atoms with E-state index in [1.807, 2.05) is 6.92 Å². The molecule has 0 aliphatic rings. The van der Waals surface area contributed by atoms with Crippen molar-refractivity contribution in [1.29, 1.82) is 0 Å². The number of thioether (sulfide) groups is 1. The standard InChI is InChI=1S/C12H12F3N3OS/c1-2-20-6-10-17-11(19-18-10)7-3-8(12(13,14)15)5-9(16)4-7/h3-5H,2,6,16H2,1H3. The molecule has 108 valence electrons. The first-order chi connectivity index (χ1) is 9.40. The predicted molar refractivity (Wildman–Crippen MR) is 71.0 cm³/mol. The second-order valence-corrected chi connectivity index (χ2v) is 5.27. The van der Waals surface area contributed by atoms with E-state index in [0.29, 0.717) is 11.6 Å². The zero-order valence-corrected chi connectivity index (χ0v) is 11.4. The van der Waals surface area contributed by atoms with E-state index in [1.165, 1.54) is 6.07 Å². The Morgan fingerprint density at radius 3 is 2.70 bits per heavy atom. The molecule has 1 aromatic heterocycles. The van der Waals surface area contributed by atoms with Gasteiger partial charge in [0.2, 0.25) is 0 Å². The number of aromatic nitrogens is 2. The zero-order valence-electron chi connectivity index (χ0n) is 10.6. The van der Waals surface area contributed by atoms with Crippen LogP contribution in [0, 0.1) is 0 Å². The number of anilines is 1. The number of benzene rings is 1. The Balaban J connectivity index is 2.32. The monoisotopic (exact) mass is 303 g/mol. The third-order valence-corrected chi connectivity index (χ3v) is 3.30. The normalized spacial score (nSPS) is 11.8. The summed E-state index contributed by atoms with van der Waals surface area (Å²) >= 11 is 1.59. The van der Waals surface area contributed by atoms with E-state index >= 15 is 0 Å². The van der Waals surface area contributed by atoms with Gasteiger partial charge in [-0.3, -0.25) is 0 Å². The molecule has 0 fully saturated rings. The summed E-state index contributed by atoms with van der Waals surface area (Å²) in [5.74, 6) is 1.92. The molecule has 0 radical (unpaired) electrons. The molecule has 0 spiro atoms. The summed E-state index contributed by atoms with van der Waals surface area (Å²) in [4.78, 5) is 4.06. The Morgan fingerprint density at radius 2 is 2.05 bits per heavy atom. The van der Waals surface area contributed by atoms with E-state index in [-0.39, 0.29) is 17.1 Å². The average molecular weight is 303 g/mol. The van der Waals surface area contributed by atoms with E-state index in [1.54, 1.807) is 11.8 Å². The van der Waals surface area contributed by atoms with Crippen molar-refractivity contribution in [2.45, 2.75) is 18.9 Å². The molecule has 1 aromatic carbocycles. The van der Waals surface area contributed by atoms with Crippen LogP contribution in [0.1, 0.15) is 18.3 Å². The van der Waals surface area contributed by atoms with Gasteiger partial charge in [0.05, 0.1) is 11.3 Å². The lowest BCUT2D eigenvalue weighted by molar-refractivity contribution is -0.137. The number of nitrogens with two attached hydrogens (primary N) is 1. The van der Waals surface area contributed by atoms with Crippen LogP contribution in [-0.4, -0.2) is 15.9 Å². The van der Waals surface area contributed by atoms with Gasteiger partial charge in [-0.1, -0.05) is 12.1 Å². The van der Waals surface area contributed by atoms with Gasteiger partial charge in [0.15, 0.2) is 5.82 Å². The molecule has 0 atom stereocenters. The maximum Gasteiger partial charge on any atom is 0.416 e. The maximum atomic E-state index is 12.7. The molecular weight excluding hydrogens is 291 g/mol. The SMILES string of the molecule is CCSCc1noc(-c2cc(N)cc(C(F)(F)F)c2)n1. The summed E-state index contributed by atoms with van der Waals surface area (Å²) in [6, 6.07) is 3.19. The van der Waals surface area contributed by atoms with Crippen LogP contribution in [0.3, 0.4) is 0 Å².